The lowest BCUT2D eigenvalue weighted by Crippen LogP contribution is -2.47. The first kappa shape index (κ1) is 8.93. The van der Waals surface area contributed by atoms with Crippen molar-refractivity contribution in [2.75, 3.05) is 13.1 Å². The topological polar surface area (TPSA) is 56.3 Å². The van der Waals surface area contributed by atoms with E-state index in [-0.39, 0.29) is 6.10 Å². The van der Waals surface area contributed by atoms with Gasteiger partial charge in [0.1, 0.15) is 0 Å². The predicted octanol–water partition coefficient (Wildman–Crippen LogP) is -0.480. The zero-order chi connectivity index (χ0) is 7.94. The Hall–Kier alpha value is -0.160. The van der Waals surface area contributed by atoms with Crippen molar-refractivity contribution >= 4 is 0 Å². The zero-order valence-electron chi connectivity index (χ0n) is 6.77. The van der Waals surface area contributed by atoms with Gasteiger partial charge in [0.15, 0.2) is 0 Å². The molecule has 0 saturated carbocycles. The van der Waals surface area contributed by atoms with Gasteiger partial charge < -0.3 is 5.11 Å². The van der Waals surface area contributed by atoms with Gasteiger partial charge in [0.05, 0.1) is 6.10 Å². The van der Waals surface area contributed by atoms with E-state index in [0.717, 1.165) is 19.4 Å². The quantitative estimate of drug-likeness (QED) is 0.385. The highest BCUT2D eigenvalue weighted by Crippen LogP contribution is 2.02. The summed E-state index contributed by atoms with van der Waals surface area (Å²) in [5, 5.41) is 9.30. The van der Waals surface area contributed by atoms with Gasteiger partial charge in [-0.25, -0.2) is 10.9 Å². The summed E-state index contributed by atoms with van der Waals surface area (Å²) < 4.78 is 0. The van der Waals surface area contributed by atoms with Gasteiger partial charge in [0.25, 0.3) is 0 Å². The SMILES string of the molecule is OC1CCCCCNNNC1. The van der Waals surface area contributed by atoms with Crippen LogP contribution in [-0.4, -0.2) is 24.3 Å². The average Bonchev–Trinajstić information content (AvgIpc) is 2.03. The lowest BCUT2D eigenvalue weighted by molar-refractivity contribution is 0.146. The number of hydrogen-bond acceptors (Lipinski definition) is 4. The van der Waals surface area contributed by atoms with Crippen LogP contribution < -0.4 is 16.4 Å². The second kappa shape index (κ2) is 5.49. The monoisotopic (exact) mass is 159 g/mol. The molecule has 4 heteroatoms. The molecule has 66 valence electrons. The highest BCUT2D eigenvalue weighted by molar-refractivity contribution is 4.59. The van der Waals surface area contributed by atoms with Crippen LogP contribution in [0.4, 0.5) is 0 Å². The number of aliphatic hydroxyl groups excluding tert-OH is 1. The van der Waals surface area contributed by atoms with E-state index in [9.17, 15) is 5.11 Å². The molecule has 1 heterocycles. The van der Waals surface area contributed by atoms with Crippen molar-refractivity contribution < 1.29 is 5.11 Å². The molecule has 0 aromatic carbocycles. The van der Waals surface area contributed by atoms with E-state index >= 15 is 0 Å². The van der Waals surface area contributed by atoms with Crippen LogP contribution in [0.3, 0.4) is 0 Å². The molecule has 1 fully saturated rings. The van der Waals surface area contributed by atoms with E-state index in [4.69, 9.17) is 0 Å². The standard InChI is InChI=1S/C7H17N3O/c11-7-4-2-1-3-5-8-10-9-6-7/h7-11H,1-6H2. The van der Waals surface area contributed by atoms with Crippen molar-refractivity contribution in [3.8, 4) is 0 Å². The molecule has 4 nitrogen and oxygen atoms in total. The van der Waals surface area contributed by atoms with E-state index in [2.05, 4.69) is 16.4 Å². The molecule has 0 amide bonds. The van der Waals surface area contributed by atoms with Crippen LogP contribution >= 0.6 is 0 Å². The van der Waals surface area contributed by atoms with E-state index in [1.54, 1.807) is 0 Å². The molecule has 0 spiro atoms. The summed E-state index contributed by atoms with van der Waals surface area (Å²) >= 11 is 0. The number of nitrogens with one attached hydrogen (secondary N) is 3. The minimum absolute atomic E-state index is 0.206. The molecule has 0 bridgehead atoms. The molecule has 4 N–H and O–H groups in total. The van der Waals surface area contributed by atoms with Crippen molar-refractivity contribution in [1.82, 2.24) is 16.4 Å². The molecule has 11 heavy (non-hydrogen) atoms. The highest BCUT2D eigenvalue weighted by Gasteiger charge is 2.03. The van der Waals surface area contributed by atoms with Gasteiger partial charge in [0, 0.05) is 13.1 Å². The van der Waals surface area contributed by atoms with Gasteiger partial charge in [-0.1, -0.05) is 12.8 Å². The third-order valence-corrected chi connectivity index (χ3v) is 1.85. The van der Waals surface area contributed by atoms with E-state index < -0.39 is 0 Å². The Morgan fingerprint density at radius 3 is 2.91 bits per heavy atom. The molecule has 1 aliphatic heterocycles. The maximum atomic E-state index is 9.30. The van der Waals surface area contributed by atoms with Gasteiger partial charge in [-0.05, 0) is 12.8 Å². The first-order valence-electron chi connectivity index (χ1n) is 4.28. The van der Waals surface area contributed by atoms with Crippen LogP contribution in [0.2, 0.25) is 0 Å². The number of hydrazine groups is 2. The smallest absolute Gasteiger partial charge is 0.0679 e. The summed E-state index contributed by atoms with van der Waals surface area (Å²) in [5.41, 5.74) is 8.72. The minimum atomic E-state index is -0.206. The fourth-order valence-corrected chi connectivity index (χ4v) is 1.17. The first-order chi connectivity index (χ1) is 5.39. The summed E-state index contributed by atoms with van der Waals surface area (Å²) in [7, 11) is 0. The average molecular weight is 159 g/mol. The van der Waals surface area contributed by atoms with E-state index in [1.165, 1.54) is 12.8 Å². The van der Waals surface area contributed by atoms with Crippen LogP contribution in [0, 0.1) is 0 Å². The molecule has 0 aromatic heterocycles. The Morgan fingerprint density at radius 1 is 1.09 bits per heavy atom. The Labute approximate surface area is 67.3 Å². The minimum Gasteiger partial charge on any atom is -0.392 e. The maximum absolute atomic E-state index is 9.30. The van der Waals surface area contributed by atoms with Gasteiger partial charge >= 0.3 is 0 Å². The second-order valence-corrected chi connectivity index (χ2v) is 2.94. The number of rotatable bonds is 0. The van der Waals surface area contributed by atoms with Crippen LogP contribution in [-0.2, 0) is 0 Å². The lowest BCUT2D eigenvalue weighted by atomic mass is 10.1. The molecule has 1 aliphatic rings. The molecule has 1 unspecified atom stereocenters. The van der Waals surface area contributed by atoms with Crippen LogP contribution in [0.1, 0.15) is 25.7 Å². The fourth-order valence-electron chi connectivity index (χ4n) is 1.17. The van der Waals surface area contributed by atoms with E-state index in [1.807, 2.05) is 0 Å². The van der Waals surface area contributed by atoms with E-state index in [0.29, 0.717) is 6.54 Å². The molecule has 1 saturated heterocycles. The van der Waals surface area contributed by atoms with Crippen LogP contribution in [0.5, 0.6) is 0 Å². The van der Waals surface area contributed by atoms with Crippen molar-refractivity contribution in [3.63, 3.8) is 0 Å². The molecule has 0 radical (unpaired) electrons. The predicted molar refractivity (Wildman–Crippen MR) is 43.6 cm³/mol. The molecule has 0 aliphatic carbocycles. The third kappa shape index (κ3) is 4.31. The molecule has 1 atom stereocenters. The third-order valence-electron chi connectivity index (χ3n) is 1.85. The normalized spacial score (nSPS) is 29.7. The summed E-state index contributed by atoms with van der Waals surface area (Å²) in [6.45, 7) is 1.61. The Morgan fingerprint density at radius 2 is 2.00 bits per heavy atom. The van der Waals surface area contributed by atoms with Crippen molar-refractivity contribution in [1.29, 1.82) is 0 Å². The summed E-state index contributed by atoms with van der Waals surface area (Å²) in [6.07, 6.45) is 4.20. The van der Waals surface area contributed by atoms with Gasteiger partial charge in [-0.15, -0.1) is 0 Å². The Kier molecular flexibility index (Phi) is 4.45. The zero-order valence-corrected chi connectivity index (χ0v) is 6.77. The second-order valence-electron chi connectivity index (χ2n) is 2.94. The summed E-state index contributed by atoms with van der Waals surface area (Å²) in [5.74, 6) is 0. The highest BCUT2D eigenvalue weighted by atomic mass is 16.3. The molecular weight excluding hydrogens is 142 g/mol. The number of hydrogen-bond donors (Lipinski definition) is 4. The van der Waals surface area contributed by atoms with Crippen molar-refractivity contribution in [2.24, 2.45) is 0 Å². The van der Waals surface area contributed by atoms with Gasteiger partial charge in [0.2, 0.25) is 0 Å². The summed E-state index contributed by atoms with van der Waals surface area (Å²) in [4.78, 5) is 0. The maximum Gasteiger partial charge on any atom is 0.0679 e. The summed E-state index contributed by atoms with van der Waals surface area (Å²) in [6, 6.07) is 0. The van der Waals surface area contributed by atoms with Crippen molar-refractivity contribution in [2.45, 2.75) is 31.8 Å². The lowest BCUT2D eigenvalue weighted by Gasteiger charge is -2.15. The first-order valence-corrected chi connectivity index (χ1v) is 4.28. The van der Waals surface area contributed by atoms with Gasteiger partial charge in [-0.3, -0.25) is 0 Å². The number of aliphatic hydroxyl groups is 1. The molecular formula is C7H17N3O. The van der Waals surface area contributed by atoms with Crippen LogP contribution in [0.25, 0.3) is 0 Å². The molecule has 0 aromatic rings. The molecule has 1 rings (SSSR count). The largest absolute Gasteiger partial charge is 0.392 e. The Balaban J connectivity index is 2.12. The fraction of sp³-hybridized carbons (Fsp3) is 1.00. The van der Waals surface area contributed by atoms with Gasteiger partial charge in [-0.2, -0.15) is 5.53 Å². The Bertz CT molecular complexity index is 89.7. The van der Waals surface area contributed by atoms with Crippen LogP contribution in [0.15, 0.2) is 0 Å². The van der Waals surface area contributed by atoms with Crippen molar-refractivity contribution in [3.05, 3.63) is 0 Å². The number of β-amino-alcohol motifs (C(OH)–C–C–N with tert-alkyl or cyclic N) is 1.